The fourth-order valence-corrected chi connectivity index (χ4v) is 2.03. The number of allylic oxidation sites excluding steroid dienone is 1. The van der Waals surface area contributed by atoms with Crippen LogP contribution in [0.3, 0.4) is 0 Å². The molecule has 96 valence electrons. The van der Waals surface area contributed by atoms with Gasteiger partial charge in [0, 0.05) is 17.2 Å². The van der Waals surface area contributed by atoms with E-state index in [2.05, 4.69) is 6.58 Å². The molecule has 0 fully saturated rings. The molecule has 0 radical (unpaired) electrons. The molecular formula is C15H18O3. The van der Waals surface area contributed by atoms with Gasteiger partial charge in [-0.3, -0.25) is 0 Å². The number of benzene rings is 1. The van der Waals surface area contributed by atoms with Crippen LogP contribution in [0.15, 0.2) is 35.5 Å². The number of unbranched alkanes of at least 4 members (excludes halogenated alkanes) is 1. The fraction of sp³-hybridized carbons (Fsp3) is 0.333. The van der Waals surface area contributed by atoms with Crippen LogP contribution in [-0.4, -0.2) is 14.2 Å². The molecule has 0 aliphatic carbocycles. The van der Waals surface area contributed by atoms with Crippen LogP contribution in [0, 0.1) is 0 Å². The molecule has 2 rings (SSSR count). The summed E-state index contributed by atoms with van der Waals surface area (Å²) in [4.78, 5) is 0. The van der Waals surface area contributed by atoms with Crippen LogP contribution >= 0.6 is 0 Å². The first-order valence-corrected chi connectivity index (χ1v) is 6.03. The maximum absolute atomic E-state index is 5.62. The molecule has 1 heterocycles. The van der Waals surface area contributed by atoms with E-state index in [1.165, 1.54) is 0 Å². The van der Waals surface area contributed by atoms with Gasteiger partial charge in [0.25, 0.3) is 0 Å². The summed E-state index contributed by atoms with van der Waals surface area (Å²) in [7, 11) is 3.27. The van der Waals surface area contributed by atoms with Crippen LogP contribution in [0.2, 0.25) is 0 Å². The summed E-state index contributed by atoms with van der Waals surface area (Å²) in [6.07, 6.45) is 6.64. The number of hydrogen-bond acceptors (Lipinski definition) is 3. The lowest BCUT2D eigenvalue weighted by Crippen LogP contribution is -1.90. The van der Waals surface area contributed by atoms with Gasteiger partial charge < -0.3 is 13.9 Å². The molecule has 0 bridgehead atoms. The van der Waals surface area contributed by atoms with Gasteiger partial charge in [0.1, 0.15) is 5.76 Å². The van der Waals surface area contributed by atoms with Crippen molar-refractivity contribution >= 4 is 10.8 Å². The summed E-state index contributed by atoms with van der Waals surface area (Å²) >= 11 is 0. The molecule has 0 aliphatic rings. The van der Waals surface area contributed by atoms with Crippen LogP contribution in [0.5, 0.6) is 11.5 Å². The average Bonchev–Trinajstić information content (AvgIpc) is 2.80. The Labute approximate surface area is 107 Å². The van der Waals surface area contributed by atoms with E-state index in [0.717, 1.165) is 47.3 Å². The maximum Gasteiger partial charge on any atom is 0.161 e. The van der Waals surface area contributed by atoms with E-state index in [1.54, 1.807) is 20.5 Å². The molecule has 0 saturated heterocycles. The van der Waals surface area contributed by atoms with Gasteiger partial charge in [-0.2, -0.15) is 0 Å². The first-order chi connectivity index (χ1) is 8.80. The van der Waals surface area contributed by atoms with E-state index in [4.69, 9.17) is 13.9 Å². The van der Waals surface area contributed by atoms with Crippen molar-refractivity contribution in [2.24, 2.45) is 0 Å². The Hall–Kier alpha value is -1.90. The molecule has 18 heavy (non-hydrogen) atoms. The number of hydrogen-bond donors (Lipinski definition) is 0. The SMILES string of the molecule is C=CCCCc1occ2cc(OC)c(OC)cc12. The van der Waals surface area contributed by atoms with E-state index in [0.29, 0.717) is 0 Å². The zero-order chi connectivity index (χ0) is 13.0. The number of fused-ring (bicyclic) bond motifs is 1. The van der Waals surface area contributed by atoms with Gasteiger partial charge in [0.2, 0.25) is 0 Å². The Morgan fingerprint density at radius 3 is 2.61 bits per heavy atom. The number of aryl methyl sites for hydroxylation is 1. The van der Waals surface area contributed by atoms with E-state index in [1.807, 2.05) is 18.2 Å². The van der Waals surface area contributed by atoms with E-state index >= 15 is 0 Å². The first kappa shape index (κ1) is 12.6. The summed E-state index contributed by atoms with van der Waals surface area (Å²) in [6, 6.07) is 3.91. The summed E-state index contributed by atoms with van der Waals surface area (Å²) in [5, 5.41) is 2.14. The summed E-state index contributed by atoms with van der Waals surface area (Å²) in [6.45, 7) is 3.72. The second kappa shape index (κ2) is 5.63. The Morgan fingerprint density at radius 2 is 1.94 bits per heavy atom. The lowest BCUT2D eigenvalue weighted by atomic mass is 10.1. The van der Waals surface area contributed by atoms with Crippen molar-refractivity contribution in [2.45, 2.75) is 19.3 Å². The van der Waals surface area contributed by atoms with Gasteiger partial charge in [-0.05, 0) is 25.0 Å². The average molecular weight is 246 g/mol. The lowest BCUT2D eigenvalue weighted by molar-refractivity contribution is 0.356. The van der Waals surface area contributed by atoms with Crippen LogP contribution in [0.4, 0.5) is 0 Å². The smallest absolute Gasteiger partial charge is 0.161 e. The van der Waals surface area contributed by atoms with Crippen molar-refractivity contribution in [1.29, 1.82) is 0 Å². The molecule has 0 amide bonds. The minimum absolute atomic E-state index is 0.725. The molecule has 3 heteroatoms. The summed E-state index contributed by atoms with van der Waals surface area (Å²) in [5.41, 5.74) is 0. The van der Waals surface area contributed by atoms with E-state index < -0.39 is 0 Å². The number of furan rings is 1. The Kier molecular flexibility index (Phi) is 3.92. The van der Waals surface area contributed by atoms with Crippen molar-refractivity contribution in [2.75, 3.05) is 14.2 Å². The molecule has 0 atom stereocenters. The number of ether oxygens (including phenoxy) is 2. The summed E-state index contributed by atoms with van der Waals surface area (Å²) < 4.78 is 16.2. The highest BCUT2D eigenvalue weighted by atomic mass is 16.5. The first-order valence-electron chi connectivity index (χ1n) is 6.03. The monoisotopic (exact) mass is 246 g/mol. The summed E-state index contributed by atoms with van der Waals surface area (Å²) in [5.74, 6) is 2.45. The molecule has 0 N–H and O–H groups in total. The van der Waals surface area contributed by atoms with Crippen LogP contribution in [0.1, 0.15) is 18.6 Å². The molecule has 0 aliphatic heterocycles. The largest absolute Gasteiger partial charge is 0.493 e. The molecule has 1 aromatic carbocycles. The second-order valence-electron chi connectivity index (χ2n) is 4.13. The van der Waals surface area contributed by atoms with Gasteiger partial charge >= 0.3 is 0 Å². The molecule has 0 unspecified atom stereocenters. The van der Waals surface area contributed by atoms with Gasteiger partial charge in [-0.15, -0.1) is 6.58 Å². The predicted octanol–water partition coefficient (Wildman–Crippen LogP) is 3.96. The van der Waals surface area contributed by atoms with E-state index in [9.17, 15) is 0 Å². The fourth-order valence-electron chi connectivity index (χ4n) is 2.03. The molecular weight excluding hydrogens is 228 g/mol. The van der Waals surface area contributed by atoms with Crippen molar-refractivity contribution in [3.8, 4) is 11.5 Å². The van der Waals surface area contributed by atoms with Gasteiger partial charge in [0.05, 0.1) is 20.5 Å². The third kappa shape index (κ3) is 2.35. The van der Waals surface area contributed by atoms with Crippen molar-refractivity contribution in [3.05, 3.63) is 36.8 Å². The van der Waals surface area contributed by atoms with Crippen molar-refractivity contribution in [1.82, 2.24) is 0 Å². The van der Waals surface area contributed by atoms with Crippen LogP contribution < -0.4 is 9.47 Å². The van der Waals surface area contributed by atoms with Crippen molar-refractivity contribution < 1.29 is 13.9 Å². The zero-order valence-electron chi connectivity index (χ0n) is 10.9. The maximum atomic E-state index is 5.62. The quantitative estimate of drug-likeness (QED) is 0.571. The van der Waals surface area contributed by atoms with Crippen LogP contribution in [-0.2, 0) is 6.42 Å². The molecule has 2 aromatic rings. The second-order valence-corrected chi connectivity index (χ2v) is 4.13. The number of rotatable bonds is 6. The number of methoxy groups -OCH3 is 2. The topological polar surface area (TPSA) is 31.6 Å². The molecule has 3 nitrogen and oxygen atoms in total. The Balaban J connectivity index is 2.36. The highest BCUT2D eigenvalue weighted by molar-refractivity contribution is 5.87. The molecule has 0 spiro atoms. The third-order valence-corrected chi connectivity index (χ3v) is 3.00. The Bertz CT molecular complexity index is 540. The van der Waals surface area contributed by atoms with Gasteiger partial charge in [-0.1, -0.05) is 6.08 Å². The predicted molar refractivity (Wildman–Crippen MR) is 72.5 cm³/mol. The molecule has 0 saturated carbocycles. The van der Waals surface area contributed by atoms with E-state index in [-0.39, 0.29) is 0 Å². The normalized spacial score (nSPS) is 10.6. The zero-order valence-corrected chi connectivity index (χ0v) is 10.9. The van der Waals surface area contributed by atoms with Gasteiger partial charge in [0.15, 0.2) is 11.5 Å². The highest BCUT2D eigenvalue weighted by Crippen LogP contribution is 2.34. The Morgan fingerprint density at radius 1 is 1.22 bits per heavy atom. The third-order valence-electron chi connectivity index (χ3n) is 3.00. The molecule has 1 aromatic heterocycles. The standard InChI is InChI=1S/C15H18O3/c1-4-5-6-7-13-12-9-15(17-3)14(16-2)8-11(12)10-18-13/h4,8-10H,1,5-7H2,2-3H3. The van der Waals surface area contributed by atoms with Gasteiger partial charge in [-0.25, -0.2) is 0 Å². The lowest BCUT2D eigenvalue weighted by Gasteiger charge is -2.07. The minimum Gasteiger partial charge on any atom is -0.493 e. The minimum atomic E-state index is 0.725. The van der Waals surface area contributed by atoms with Crippen LogP contribution in [0.25, 0.3) is 10.8 Å². The van der Waals surface area contributed by atoms with Crippen molar-refractivity contribution in [3.63, 3.8) is 0 Å². The highest BCUT2D eigenvalue weighted by Gasteiger charge is 2.11.